The fourth-order valence-electron chi connectivity index (χ4n) is 3.14. The first-order valence-electron chi connectivity index (χ1n) is 7.52. The van der Waals surface area contributed by atoms with Crippen LogP contribution in [-0.2, 0) is 4.79 Å². The van der Waals surface area contributed by atoms with Crippen molar-refractivity contribution in [3.05, 3.63) is 53.4 Å². The van der Waals surface area contributed by atoms with Gasteiger partial charge in [0, 0.05) is 36.5 Å². The van der Waals surface area contributed by atoms with Gasteiger partial charge in [0.15, 0.2) is 0 Å². The summed E-state index contributed by atoms with van der Waals surface area (Å²) < 4.78 is 5.68. The molecule has 2 aliphatic heterocycles. The van der Waals surface area contributed by atoms with E-state index in [9.17, 15) is 4.79 Å². The molecule has 112 valence electrons. The Hall–Kier alpha value is -2.56. The number of carbonyl (C=O) groups is 1. The normalized spacial score (nSPS) is 20.3. The molecule has 1 aromatic heterocycles. The van der Waals surface area contributed by atoms with Gasteiger partial charge in [-0.3, -0.25) is 9.89 Å². The number of fused-ring (bicyclic) bond motifs is 1. The number of benzene rings is 1. The third-order valence-electron chi connectivity index (χ3n) is 4.34. The maximum Gasteiger partial charge on any atom is 0.253 e. The van der Waals surface area contributed by atoms with Crippen LogP contribution in [0.25, 0.3) is 6.08 Å². The molecule has 2 aromatic rings. The highest BCUT2D eigenvalue weighted by molar-refractivity contribution is 5.99. The maximum atomic E-state index is 12.7. The molecule has 0 spiro atoms. The van der Waals surface area contributed by atoms with E-state index in [1.54, 1.807) is 6.20 Å². The lowest BCUT2D eigenvalue weighted by Crippen LogP contribution is -2.32. The number of nitrogens with one attached hydrogen (secondary N) is 1. The van der Waals surface area contributed by atoms with Crippen LogP contribution in [0.2, 0.25) is 0 Å². The van der Waals surface area contributed by atoms with Gasteiger partial charge in [-0.15, -0.1) is 0 Å². The van der Waals surface area contributed by atoms with Gasteiger partial charge in [0.2, 0.25) is 0 Å². The molecule has 22 heavy (non-hydrogen) atoms. The Morgan fingerprint density at radius 1 is 1.32 bits per heavy atom. The highest BCUT2D eigenvalue weighted by Gasteiger charge is 2.30. The summed E-state index contributed by atoms with van der Waals surface area (Å²) in [6.45, 7) is 1.86. The average Bonchev–Trinajstić information content (AvgIpc) is 3.24. The number of ether oxygens (including phenoxy) is 1. The van der Waals surface area contributed by atoms with Crippen molar-refractivity contribution < 1.29 is 9.53 Å². The Morgan fingerprint density at radius 3 is 3.09 bits per heavy atom. The van der Waals surface area contributed by atoms with Gasteiger partial charge in [-0.1, -0.05) is 18.2 Å². The number of para-hydroxylation sites is 1. The second-order valence-electron chi connectivity index (χ2n) is 5.74. The van der Waals surface area contributed by atoms with Gasteiger partial charge >= 0.3 is 0 Å². The first-order chi connectivity index (χ1) is 10.8. The molecule has 5 heteroatoms. The summed E-state index contributed by atoms with van der Waals surface area (Å²) in [5, 5.41) is 7.00. The van der Waals surface area contributed by atoms with E-state index in [0.29, 0.717) is 12.5 Å². The highest BCUT2D eigenvalue weighted by atomic mass is 16.5. The largest absolute Gasteiger partial charge is 0.488 e. The molecule has 0 saturated carbocycles. The number of aromatic amines is 1. The lowest BCUT2D eigenvalue weighted by atomic mass is 10.1. The molecule has 0 unspecified atom stereocenters. The summed E-state index contributed by atoms with van der Waals surface area (Å²) in [4.78, 5) is 14.6. The van der Waals surface area contributed by atoms with Gasteiger partial charge in [-0.05, 0) is 24.6 Å². The summed E-state index contributed by atoms with van der Waals surface area (Å²) in [7, 11) is 0. The van der Waals surface area contributed by atoms with Crippen LogP contribution in [0.15, 0.2) is 42.1 Å². The van der Waals surface area contributed by atoms with Crippen LogP contribution in [0.5, 0.6) is 5.75 Å². The minimum atomic E-state index is 0.0801. The molecule has 0 bridgehead atoms. The van der Waals surface area contributed by atoms with E-state index in [1.807, 2.05) is 41.3 Å². The molecule has 1 amide bonds. The topological polar surface area (TPSA) is 58.2 Å². The number of hydrogen-bond acceptors (Lipinski definition) is 3. The first kappa shape index (κ1) is 13.1. The Bertz CT molecular complexity index is 721. The quantitative estimate of drug-likeness (QED) is 0.924. The van der Waals surface area contributed by atoms with E-state index in [1.165, 1.54) is 0 Å². The fraction of sp³-hybridized carbons (Fsp3) is 0.294. The zero-order chi connectivity index (χ0) is 14.9. The van der Waals surface area contributed by atoms with Crippen molar-refractivity contribution in [2.45, 2.75) is 12.3 Å². The minimum absolute atomic E-state index is 0.0801. The molecule has 1 aromatic carbocycles. The predicted molar refractivity (Wildman–Crippen MR) is 82.4 cm³/mol. The number of hydrogen-bond donors (Lipinski definition) is 1. The molecule has 1 saturated heterocycles. The summed E-state index contributed by atoms with van der Waals surface area (Å²) in [6, 6.07) is 9.78. The SMILES string of the molecule is O=C(C1=Cc2ccccc2OC1)N1CC[C@@H](c2ccn[nH]2)C1. The molecular weight excluding hydrogens is 278 g/mol. The fourth-order valence-corrected chi connectivity index (χ4v) is 3.14. The third-order valence-corrected chi connectivity index (χ3v) is 4.34. The van der Waals surface area contributed by atoms with E-state index < -0.39 is 0 Å². The molecule has 1 fully saturated rings. The number of rotatable bonds is 2. The lowest BCUT2D eigenvalue weighted by Gasteiger charge is -2.22. The van der Waals surface area contributed by atoms with Crippen molar-refractivity contribution in [3.8, 4) is 5.75 Å². The van der Waals surface area contributed by atoms with Crippen LogP contribution in [0.4, 0.5) is 0 Å². The zero-order valence-electron chi connectivity index (χ0n) is 12.2. The van der Waals surface area contributed by atoms with Crippen LogP contribution in [-0.4, -0.2) is 40.7 Å². The van der Waals surface area contributed by atoms with Crippen molar-refractivity contribution >= 4 is 12.0 Å². The van der Waals surface area contributed by atoms with Gasteiger partial charge in [0.1, 0.15) is 12.4 Å². The smallest absolute Gasteiger partial charge is 0.253 e. The van der Waals surface area contributed by atoms with Crippen LogP contribution in [0, 0.1) is 0 Å². The molecule has 4 rings (SSSR count). The number of carbonyl (C=O) groups excluding carboxylic acids is 1. The minimum Gasteiger partial charge on any atom is -0.488 e. The van der Waals surface area contributed by atoms with E-state index in [0.717, 1.165) is 42.1 Å². The van der Waals surface area contributed by atoms with Gasteiger partial charge in [-0.25, -0.2) is 0 Å². The monoisotopic (exact) mass is 295 g/mol. The maximum absolute atomic E-state index is 12.7. The van der Waals surface area contributed by atoms with Crippen LogP contribution < -0.4 is 4.74 Å². The van der Waals surface area contributed by atoms with E-state index in [-0.39, 0.29) is 5.91 Å². The predicted octanol–water partition coefficient (Wildman–Crippen LogP) is 2.20. The van der Waals surface area contributed by atoms with Crippen molar-refractivity contribution in [2.24, 2.45) is 0 Å². The second-order valence-corrected chi connectivity index (χ2v) is 5.74. The number of amides is 1. The number of aromatic nitrogens is 2. The molecular formula is C17H17N3O2. The standard InChI is InChI=1S/C17H17N3O2/c21-17(14-9-12-3-1-2-4-16(12)22-11-14)20-8-6-13(10-20)15-5-7-18-19-15/h1-5,7,9,13H,6,8,10-11H2,(H,18,19)/t13-/m1/s1. The number of H-pyrrole nitrogens is 1. The Kier molecular flexibility index (Phi) is 3.18. The molecule has 0 aliphatic carbocycles. The summed E-state index contributed by atoms with van der Waals surface area (Å²) in [5.41, 5.74) is 2.81. The molecule has 5 nitrogen and oxygen atoms in total. The summed E-state index contributed by atoms with van der Waals surface area (Å²) >= 11 is 0. The van der Waals surface area contributed by atoms with Crippen LogP contribution >= 0.6 is 0 Å². The van der Waals surface area contributed by atoms with E-state index in [4.69, 9.17) is 4.74 Å². The second kappa shape index (κ2) is 5.33. The van der Waals surface area contributed by atoms with Gasteiger partial charge in [0.05, 0.1) is 5.57 Å². The molecule has 1 N–H and O–H groups in total. The van der Waals surface area contributed by atoms with Crippen LogP contribution in [0.1, 0.15) is 23.6 Å². The van der Waals surface area contributed by atoms with Gasteiger partial charge in [0.25, 0.3) is 5.91 Å². The van der Waals surface area contributed by atoms with E-state index >= 15 is 0 Å². The van der Waals surface area contributed by atoms with Crippen molar-refractivity contribution in [1.82, 2.24) is 15.1 Å². The lowest BCUT2D eigenvalue weighted by molar-refractivity contribution is -0.126. The number of nitrogens with zero attached hydrogens (tertiary/aromatic N) is 2. The highest BCUT2D eigenvalue weighted by Crippen LogP contribution is 2.30. The zero-order valence-corrected chi connectivity index (χ0v) is 12.2. The molecule has 3 heterocycles. The Balaban J connectivity index is 1.50. The Labute approximate surface area is 128 Å². The van der Waals surface area contributed by atoms with E-state index in [2.05, 4.69) is 10.2 Å². The Morgan fingerprint density at radius 2 is 2.23 bits per heavy atom. The van der Waals surface area contributed by atoms with Gasteiger partial charge < -0.3 is 9.64 Å². The first-order valence-corrected chi connectivity index (χ1v) is 7.52. The molecule has 0 radical (unpaired) electrons. The molecule has 1 atom stereocenters. The number of likely N-dealkylation sites (tertiary alicyclic amines) is 1. The summed E-state index contributed by atoms with van der Waals surface area (Å²) in [6.07, 6.45) is 4.68. The van der Waals surface area contributed by atoms with Crippen molar-refractivity contribution in [1.29, 1.82) is 0 Å². The summed E-state index contributed by atoms with van der Waals surface area (Å²) in [5.74, 6) is 1.27. The van der Waals surface area contributed by atoms with Crippen molar-refractivity contribution in [3.63, 3.8) is 0 Å². The van der Waals surface area contributed by atoms with Gasteiger partial charge in [-0.2, -0.15) is 5.10 Å². The average molecular weight is 295 g/mol. The third kappa shape index (κ3) is 2.28. The van der Waals surface area contributed by atoms with Crippen LogP contribution in [0.3, 0.4) is 0 Å². The van der Waals surface area contributed by atoms with Crippen molar-refractivity contribution in [2.75, 3.05) is 19.7 Å². The molecule has 2 aliphatic rings.